The SMILES string of the molecule is CCCCOC(=O)c1cccc(NC(=O)c2cc(OC)c(OC)c(OC)c2Br)c1. The second-order valence-corrected chi connectivity index (χ2v) is 6.82. The molecule has 0 fully saturated rings. The normalized spacial score (nSPS) is 10.2. The molecule has 0 radical (unpaired) electrons. The third-order valence-corrected chi connectivity index (χ3v) is 4.89. The van der Waals surface area contributed by atoms with E-state index in [4.69, 9.17) is 18.9 Å². The molecule has 2 aromatic rings. The molecule has 8 heteroatoms. The van der Waals surface area contributed by atoms with Crippen LogP contribution in [-0.2, 0) is 4.74 Å². The van der Waals surface area contributed by atoms with Crippen molar-refractivity contribution < 1.29 is 28.5 Å². The zero-order valence-corrected chi connectivity index (χ0v) is 18.4. The summed E-state index contributed by atoms with van der Waals surface area (Å²) in [6.45, 7) is 2.38. The summed E-state index contributed by atoms with van der Waals surface area (Å²) in [6.07, 6.45) is 1.74. The fourth-order valence-electron chi connectivity index (χ4n) is 2.60. The molecule has 0 atom stereocenters. The van der Waals surface area contributed by atoms with Gasteiger partial charge < -0.3 is 24.3 Å². The number of carbonyl (C=O) groups is 2. The number of hydrogen-bond acceptors (Lipinski definition) is 6. The van der Waals surface area contributed by atoms with E-state index in [1.165, 1.54) is 21.3 Å². The second kappa shape index (κ2) is 10.7. The van der Waals surface area contributed by atoms with Gasteiger partial charge in [-0.15, -0.1) is 0 Å². The minimum Gasteiger partial charge on any atom is -0.493 e. The first-order valence-corrected chi connectivity index (χ1v) is 9.83. The summed E-state index contributed by atoms with van der Waals surface area (Å²) < 4.78 is 21.6. The Bertz CT molecular complexity index is 884. The summed E-state index contributed by atoms with van der Waals surface area (Å²) in [6, 6.07) is 8.11. The van der Waals surface area contributed by atoms with Gasteiger partial charge in [0.1, 0.15) is 0 Å². The zero-order chi connectivity index (χ0) is 21.4. The van der Waals surface area contributed by atoms with Gasteiger partial charge in [-0.3, -0.25) is 4.79 Å². The maximum atomic E-state index is 12.9. The van der Waals surface area contributed by atoms with E-state index in [1.54, 1.807) is 30.3 Å². The Hall–Kier alpha value is -2.74. The van der Waals surface area contributed by atoms with Crippen LogP contribution in [0.1, 0.15) is 40.5 Å². The van der Waals surface area contributed by atoms with Gasteiger partial charge >= 0.3 is 5.97 Å². The van der Waals surface area contributed by atoms with Crippen molar-refractivity contribution in [1.29, 1.82) is 0 Å². The monoisotopic (exact) mass is 465 g/mol. The predicted molar refractivity (Wildman–Crippen MR) is 113 cm³/mol. The lowest BCUT2D eigenvalue weighted by Crippen LogP contribution is -2.14. The van der Waals surface area contributed by atoms with Crippen LogP contribution < -0.4 is 19.5 Å². The zero-order valence-electron chi connectivity index (χ0n) is 16.8. The number of carbonyl (C=O) groups excluding carboxylic acids is 2. The molecule has 0 aliphatic heterocycles. The third-order valence-electron chi connectivity index (χ3n) is 4.10. The standard InChI is InChI=1S/C21H24BrNO6/c1-5-6-10-29-21(25)13-8-7-9-14(11-13)23-20(24)15-12-16(26-2)18(27-3)19(28-4)17(15)22/h7-9,11-12H,5-6,10H2,1-4H3,(H,23,24). The number of esters is 1. The van der Waals surface area contributed by atoms with E-state index in [2.05, 4.69) is 21.2 Å². The molecule has 0 spiro atoms. The molecule has 0 bridgehead atoms. The highest BCUT2D eigenvalue weighted by Gasteiger charge is 2.23. The van der Waals surface area contributed by atoms with Crippen LogP contribution in [0.15, 0.2) is 34.8 Å². The number of rotatable bonds is 9. The van der Waals surface area contributed by atoms with Crippen molar-refractivity contribution in [3.63, 3.8) is 0 Å². The molecule has 0 aromatic heterocycles. The average Bonchev–Trinajstić information content (AvgIpc) is 2.73. The van der Waals surface area contributed by atoms with Crippen LogP contribution in [-0.4, -0.2) is 39.8 Å². The lowest BCUT2D eigenvalue weighted by Gasteiger charge is -2.16. The number of amides is 1. The number of unbranched alkanes of at least 4 members (excludes halogenated alkanes) is 1. The number of anilines is 1. The third kappa shape index (κ3) is 5.41. The van der Waals surface area contributed by atoms with E-state index < -0.39 is 11.9 Å². The van der Waals surface area contributed by atoms with Gasteiger partial charge in [0.05, 0.1) is 43.5 Å². The summed E-state index contributed by atoms with van der Waals surface area (Å²) in [5.41, 5.74) is 1.11. The van der Waals surface area contributed by atoms with Crippen LogP contribution in [0.5, 0.6) is 17.2 Å². The van der Waals surface area contributed by atoms with Crippen molar-refractivity contribution in [3.8, 4) is 17.2 Å². The van der Waals surface area contributed by atoms with Gasteiger partial charge in [-0.2, -0.15) is 0 Å². The molecule has 1 amide bonds. The summed E-state index contributed by atoms with van der Waals surface area (Å²) in [5.74, 6) is 0.225. The van der Waals surface area contributed by atoms with E-state index in [0.29, 0.717) is 39.6 Å². The highest BCUT2D eigenvalue weighted by molar-refractivity contribution is 9.10. The largest absolute Gasteiger partial charge is 0.493 e. The van der Waals surface area contributed by atoms with E-state index in [9.17, 15) is 9.59 Å². The minimum absolute atomic E-state index is 0.287. The van der Waals surface area contributed by atoms with Gasteiger partial charge in [0.25, 0.3) is 5.91 Å². The first-order valence-electron chi connectivity index (χ1n) is 9.03. The molecule has 0 saturated carbocycles. The van der Waals surface area contributed by atoms with Gasteiger partial charge in [0.2, 0.25) is 5.75 Å². The van der Waals surface area contributed by atoms with E-state index in [1.807, 2.05) is 6.92 Å². The van der Waals surface area contributed by atoms with Crippen LogP contribution in [0, 0.1) is 0 Å². The molecule has 0 aliphatic carbocycles. The number of benzene rings is 2. The molecule has 1 N–H and O–H groups in total. The van der Waals surface area contributed by atoms with Crippen molar-refractivity contribution in [2.75, 3.05) is 33.3 Å². The summed E-state index contributed by atoms with van der Waals surface area (Å²) in [4.78, 5) is 25.0. The number of nitrogens with one attached hydrogen (secondary N) is 1. The summed E-state index contributed by atoms with van der Waals surface area (Å²) in [5, 5.41) is 2.77. The molecule has 0 heterocycles. The molecular weight excluding hydrogens is 442 g/mol. The van der Waals surface area contributed by atoms with Crippen molar-refractivity contribution in [3.05, 3.63) is 45.9 Å². The van der Waals surface area contributed by atoms with Crippen molar-refractivity contribution in [1.82, 2.24) is 0 Å². The second-order valence-electron chi connectivity index (χ2n) is 6.03. The van der Waals surface area contributed by atoms with Gasteiger partial charge in [0, 0.05) is 5.69 Å². The Balaban J connectivity index is 2.27. The van der Waals surface area contributed by atoms with Crippen LogP contribution in [0.3, 0.4) is 0 Å². The van der Waals surface area contributed by atoms with Crippen molar-refractivity contribution in [2.24, 2.45) is 0 Å². The minimum atomic E-state index is -0.427. The molecule has 7 nitrogen and oxygen atoms in total. The van der Waals surface area contributed by atoms with Gasteiger partial charge in [-0.25, -0.2) is 4.79 Å². The Kier molecular flexibility index (Phi) is 8.33. The molecule has 29 heavy (non-hydrogen) atoms. The quantitative estimate of drug-likeness (QED) is 0.427. The molecule has 0 unspecified atom stereocenters. The first kappa shape index (κ1) is 22.5. The number of methoxy groups -OCH3 is 3. The Labute approximate surface area is 178 Å². The summed E-state index contributed by atoms with van der Waals surface area (Å²) >= 11 is 3.39. The highest BCUT2D eigenvalue weighted by atomic mass is 79.9. The lowest BCUT2D eigenvalue weighted by molar-refractivity contribution is 0.0499. The van der Waals surface area contributed by atoms with Crippen LogP contribution in [0.4, 0.5) is 5.69 Å². The average molecular weight is 466 g/mol. The molecule has 0 saturated heterocycles. The number of hydrogen-bond donors (Lipinski definition) is 1. The predicted octanol–water partition coefficient (Wildman–Crippen LogP) is 4.68. The number of halogens is 1. The maximum Gasteiger partial charge on any atom is 0.338 e. The van der Waals surface area contributed by atoms with Crippen LogP contribution in [0.2, 0.25) is 0 Å². The van der Waals surface area contributed by atoms with Gasteiger partial charge in [-0.1, -0.05) is 19.4 Å². The Morgan fingerprint density at radius 2 is 1.76 bits per heavy atom. The Morgan fingerprint density at radius 1 is 1.03 bits per heavy atom. The van der Waals surface area contributed by atoms with Crippen LogP contribution in [0.25, 0.3) is 0 Å². The van der Waals surface area contributed by atoms with E-state index >= 15 is 0 Å². The van der Waals surface area contributed by atoms with E-state index in [0.717, 1.165) is 12.8 Å². The molecule has 2 rings (SSSR count). The lowest BCUT2D eigenvalue weighted by atomic mass is 10.1. The number of ether oxygens (including phenoxy) is 4. The van der Waals surface area contributed by atoms with Crippen molar-refractivity contribution in [2.45, 2.75) is 19.8 Å². The molecular formula is C21H24BrNO6. The first-order chi connectivity index (χ1) is 14.0. The maximum absolute atomic E-state index is 12.9. The van der Waals surface area contributed by atoms with E-state index in [-0.39, 0.29) is 5.56 Å². The molecule has 156 valence electrons. The summed E-state index contributed by atoms with van der Waals surface area (Å²) in [7, 11) is 4.43. The smallest absolute Gasteiger partial charge is 0.338 e. The molecule has 0 aliphatic rings. The van der Waals surface area contributed by atoms with Crippen molar-refractivity contribution >= 4 is 33.5 Å². The fourth-order valence-corrected chi connectivity index (χ4v) is 3.24. The Morgan fingerprint density at radius 3 is 2.38 bits per heavy atom. The van der Waals surface area contributed by atoms with Crippen LogP contribution >= 0.6 is 15.9 Å². The van der Waals surface area contributed by atoms with Gasteiger partial charge in [-0.05, 0) is 46.6 Å². The molecule has 2 aromatic carbocycles. The van der Waals surface area contributed by atoms with Gasteiger partial charge in [0.15, 0.2) is 11.5 Å². The highest BCUT2D eigenvalue weighted by Crippen LogP contribution is 2.44. The fraction of sp³-hybridized carbons (Fsp3) is 0.333. The topological polar surface area (TPSA) is 83.1 Å².